The first kappa shape index (κ1) is 20.5. The lowest BCUT2D eigenvalue weighted by Gasteiger charge is -2.17. The summed E-state index contributed by atoms with van der Waals surface area (Å²) in [6.45, 7) is 6.70. The summed E-state index contributed by atoms with van der Waals surface area (Å²) in [6, 6.07) is 11.1. The smallest absolute Gasteiger partial charge is 0.294 e. The fourth-order valence-corrected chi connectivity index (χ4v) is 5.01. The van der Waals surface area contributed by atoms with E-state index < -0.39 is 0 Å². The number of thiophene rings is 1. The summed E-state index contributed by atoms with van der Waals surface area (Å²) >= 11 is 3.24. The van der Waals surface area contributed by atoms with E-state index in [1.54, 1.807) is 29.5 Å². The van der Waals surface area contributed by atoms with Crippen molar-refractivity contribution in [1.82, 2.24) is 4.57 Å². The van der Waals surface area contributed by atoms with E-state index in [1.165, 1.54) is 28.7 Å². The van der Waals surface area contributed by atoms with Gasteiger partial charge in [0.25, 0.3) is 5.69 Å². The van der Waals surface area contributed by atoms with E-state index in [0.717, 1.165) is 23.3 Å². The van der Waals surface area contributed by atoms with E-state index >= 15 is 0 Å². The maximum absolute atomic E-state index is 11.4. The molecule has 1 aromatic carbocycles. The fraction of sp³-hybridized carbons (Fsp3) is 0.381. The number of benzene rings is 1. The van der Waals surface area contributed by atoms with Crippen LogP contribution in [0.1, 0.15) is 46.1 Å². The van der Waals surface area contributed by atoms with Crippen LogP contribution in [0.3, 0.4) is 0 Å². The lowest BCUT2D eigenvalue weighted by Crippen LogP contribution is -2.20. The molecule has 3 rings (SSSR count). The van der Waals surface area contributed by atoms with Crippen LogP contribution < -0.4 is 4.80 Å². The Morgan fingerprint density at radius 1 is 1.11 bits per heavy atom. The number of nitrogens with zero attached hydrogens (tertiary/aromatic N) is 3. The van der Waals surface area contributed by atoms with Gasteiger partial charge in [0.05, 0.1) is 15.5 Å². The van der Waals surface area contributed by atoms with Crippen molar-refractivity contribution < 1.29 is 4.92 Å². The Kier molecular flexibility index (Phi) is 6.80. The SMILES string of the molecule is CC(C)CCCC(C)n1c(-c2cccs2)csc1=Nc1ccccc1[N+](=O)[O-]. The lowest BCUT2D eigenvalue weighted by molar-refractivity contribution is -0.384. The van der Waals surface area contributed by atoms with Gasteiger partial charge in [-0.15, -0.1) is 22.7 Å². The van der Waals surface area contributed by atoms with Gasteiger partial charge < -0.3 is 4.57 Å². The van der Waals surface area contributed by atoms with Crippen LogP contribution in [0.15, 0.2) is 52.2 Å². The Morgan fingerprint density at radius 2 is 1.89 bits per heavy atom. The van der Waals surface area contributed by atoms with Crippen molar-refractivity contribution in [3.63, 3.8) is 0 Å². The lowest BCUT2D eigenvalue weighted by atomic mass is 10.0. The molecule has 0 aliphatic carbocycles. The molecule has 0 aliphatic heterocycles. The van der Waals surface area contributed by atoms with Gasteiger partial charge in [-0.2, -0.15) is 0 Å². The number of thiazole rings is 1. The summed E-state index contributed by atoms with van der Waals surface area (Å²) in [4.78, 5) is 17.7. The standard InChI is InChI=1S/C21H25N3O2S2/c1-15(2)8-6-9-16(3)23-19(20-12-7-13-27-20)14-28-21(23)22-17-10-4-5-11-18(17)24(25)26/h4-5,7,10-16H,6,8-9H2,1-3H3. The second kappa shape index (κ2) is 9.30. The Morgan fingerprint density at radius 3 is 2.57 bits per heavy atom. The highest BCUT2D eigenvalue weighted by molar-refractivity contribution is 7.14. The molecule has 0 bridgehead atoms. The summed E-state index contributed by atoms with van der Waals surface area (Å²) in [5.41, 5.74) is 1.57. The molecule has 1 unspecified atom stereocenters. The van der Waals surface area contributed by atoms with Crippen molar-refractivity contribution in [2.24, 2.45) is 10.9 Å². The number of para-hydroxylation sites is 2. The Hall–Kier alpha value is -2.25. The van der Waals surface area contributed by atoms with Crippen molar-refractivity contribution in [2.45, 2.75) is 46.1 Å². The number of hydrogen-bond acceptors (Lipinski definition) is 5. The summed E-state index contributed by atoms with van der Waals surface area (Å²) in [5, 5.41) is 15.6. The Labute approximate surface area is 173 Å². The second-order valence-electron chi connectivity index (χ2n) is 7.28. The quantitative estimate of drug-likeness (QED) is 0.300. The molecule has 0 saturated carbocycles. The third kappa shape index (κ3) is 4.77. The minimum absolute atomic E-state index is 0.0348. The largest absolute Gasteiger partial charge is 0.313 e. The molecule has 0 spiro atoms. The maximum Gasteiger partial charge on any atom is 0.294 e. The number of nitro benzene ring substituents is 1. The molecule has 3 aromatic rings. The van der Waals surface area contributed by atoms with Crippen molar-refractivity contribution >= 4 is 34.0 Å². The Balaban J connectivity index is 2.06. The summed E-state index contributed by atoms with van der Waals surface area (Å²) in [7, 11) is 0. The van der Waals surface area contributed by atoms with Gasteiger partial charge in [0, 0.05) is 17.5 Å². The first-order valence-electron chi connectivity index (χ1n) is 9.49. The van der Waals surface area contributed by atoms with Crippen LogP contribution in [0.4, 0.5) is 11.4 Å². The summed E-state index contributed by atoms with van der Waals surface area (Å²) < 4.78 is 2.24. The van der Waals surface area contributed by atoms with E-state index in [4.69, 9.17) is 4.99 Å². The predicted octanol–water partition coefficient (Wildman–Crippen LogP) is 6.81. The van der Waals surface area contributed by atoms with Gasteiger partial charge in [-0.1, -0.05) is 44.9 Å². The molecule has 0 saturated heterocycles. The van der Waals surface area contributed by atoms with Crippen molar-refractivity contribution in [3.8, 4) is 10.6 Å². The molecule has 2 aromatic heterocycles. The fourth-order valence-electron chi connectivity index (χ4n) is 3.20. The average molecular weight is 416 g/mol. The third-order valence-corrected chi connectivity index (χ3v) is 6.39. The molecular weight excluding hydrogens is 390 g/mol. The van der Waals surface area contributed by atoms with Crippen LogP contribution in [0.25, 0.3) is 10.6 Å². The van der Waals surface area contributed by atoms with E-state index in [9.17, 15) is 10.1 Å². The van der Waals surface area contributed by atoms with E-state index in [1.807, 2.05) is 6.07 Å². The maximum atomic E-state index is 11.4. The molecule has 0 aliphatic rings. The molecule has 28 heavy (non-hydrogen) atoms. The topological polar surface area (TPSA) is 60.4 Å². The highest BCUT2D eigenvalue weighted by Gasteiger charge is 2.17. The van der Waals surface area contributed by atoms with Gasteiger partial charge in [0.2, 0.25) is 0 Å². The second-order valence-corrected chi connectivity index (χ2v) is 9.07. The molecule has 148 valence electrons. The van der Waals surface area contributed by atoms with Gasteiger partial charge in [0.1, 0.15) is 5.69 Å². The first-order valence-corrected chi connectivity index (χ1v) is 11.3. The monoisotopic (exact) mass is 415 g/mol. The Bertz CT molecular complexity index is 987. The van der Waals surface area contributed by atoms with Crippen LogP contribution in [-0.4, -0.2) is 9.49 Å². The predicted molar refractivity (Wildman–Crippen MR) is 117 cm³/mol. The van der Waals surface area contributed by atoms with E-state index in [2.05, 4.69) is 42.2 Å². The first-order chi connectivity index (χ1) is 13.5. The van der Waals surface area contributed by atoms with Gasteiger partial charge >= 0.3 is 0 Å². The van der Waals surface area contributed by atoms with Crippen LogP contribution in [0.2, 0.25) is 0 Å². The molecule has 2 heterocycles. The number of hydrogen-bond donors (Lipinski definition) is 0. The molecule has 0 fully saturated rings. The zero-order chi connectivity index (χ0) is 20.1. The molecule has 0 amide bonds. The zero-order valence-electron chi connectivity index (χ0n) is 16.4. The molecule has 5 nitrogen and oxygen atoms in total. The molecular formula is C21H25N3O2S2. The normalized spacial score (nSPS) is 13.2. The van der Waals surface area contributed by atoms with Gasteiger partial charge in [-0.25, -0.2) is 4.99 Å². The summed E-state index contributed by atoms with van der Waals surface area (Å²) in [5.74, 6) is 0.688. The number of rotatable bonds is 8. The highest BCUT2D eigenvalue weighted by atomic mass is 32.1. The van der Waals surface area contributed by atoms with Crippen LogP contribution in [0, 0.1) is 16.0 Å². The van der Waals surface area contributed by atoms with Crippen molar-refractivity contribution in [1.29, 1.82) is 0 Å². The minimum atomic E-state index is -0.372. The van der Waals surface area contributed by atoms with Gasteiger partial charge in [-0.3, -0.25) is 10.1 Å². The van der Waals surface area contributed by atoms with E-state index in [-0.39, 0.29) is 16.7 Å². The van der Waals surface area contributed by atoms with Crippen LogP contribution in [0.5, 0.6) is 0 Å². The van der Waals surface area contributed by atoms with Crippen LogP contribution >= 0.6 is 22.7 Å². The highest BCUT2D eigenvalue weighted by Crippen LogP contribution is 2.31. The van der Waals surface area contributed by atoms with E-state index in [0.29, 0.717) is 11.6 Å². The molecule has 1 atom stereocenters. The number of nitro groups is 1. The third-order valence-electron chi connectivity index (χ3n) is 4.65. The van der Waals surface area contributed by atoms with Gasteiger partial charge in [-0.05, 0) is 36.8 Å². The molecule has 0 N–H and O–H groups in total. The zero-order valence-corrected chi connectivity index (χ0v) is 18.0. The molecule has 7 heteroatoms. The summed E-state index contributed by atoms with van der Waals surface area (Å²) in [6.07, 6.45) is 3.40. The van der Waals surface area contributed by atoms with Crippen molar-refractivity contribution in [3.05, 3.63) is 62.1 Å². The minimum Gasteiger partial charge on any atom is -0.313 e. The number of aromatic nitrogens is 1. The van der Waals surface area contributed by atoms with Crippen LogP contribution in [-0.2, 0) is 0 Å². The molecule has 0 radical (unpaired) electrons. The average Bonchev–Trinajstić information content (AvgIpc) is 3.31. The van der Waals surface area contributed by atoms with Crippen molar-refractivity contribution in [2.75, 3.05) is 0 Å². The van der Waals surface area contributed by atoms with Gasteiger partial charge in [0.15, 0.2) is 4.80 Å².